The summed E-state index contributed by atoms with van der Waals surface area (Å²) in [5, 5.41) is 13.6. The minimum Gasteiger partial charge on any atom is -0.466 e. The Balaban J connectivity index is 0.000000141. The first-order chi connectivity index (χ1) is 40.9. The summed E-state index contributed by atoms with van der Waals surface area (Å²) >= 11 is 0. The van der Waals surface area contributed by atoms with E-state index in [4.69, 9.17) is 4.74 Å². The Hall–Kier alpha value is -9.63. The summed E-state index contributed by atoms with van der Waals surface area (Å²) in [4.78, 5) is 70.9. The van der Waals surface area contributed by atoms with Crippen molar-refractivity contribution in [1.82, 2.24) is 63.9 Å². The zero-order valence-electron chi connectivity index (χ0n) is 46.6. The van der Waals surface area contributed by atoms with Gasteiger partial charge in [0.2, 0.25) is 0 Å². The van der Waals surface area contributed by atoms with Gasteiger partial charge in [-0.1, -0.05) is 0 Å². The van der Waals surface area contributed by atoms with Gasteiger partial charge < -0.3 is 24.3 Å². The third kappa shape index (κ3) is 13.8. The van der Waals surface area contributed by atoms with Gasteiger partial charge in [-0.05, 0) is 173 Å². The van der Waals surface area contributed by atoms with Crippen LogP contribution in [0.1, 0.15) is 70.5 Å². The van der Waals surface area contributed by atoms with Crippen LogP contribution in [0.2, 0.25) is 0 Å². The minimum absolute atomic E-state index is 0.0595. The number of nitrogens with zero attached hydrogens (tertiary/aromatic N) is 13. The van der Waals surface area contributed by atoms with Crippen molar-refractivity contribution in [2.75, 3.05) is 66.0 Å². The molecule has 0 bridgehead atoms. The summed E-state index contributed by atoms with van der Waals surface area (Å²) < 4.78 is 50.1. The van der Waals surface area contributed by atoms with E-state index in [1.54, 1.807) is 118 Å². The number of hydrogen-bond donors (Lipinski definition) is 0. The molecular formula is C63H62F3N13O5. The van der Waals surface area contributed by atoms with Crippen LogP contribution in [-0.2, 0) is 9.53 Å². The highest BCUT2D eigenvalue weighted by atomic mass is 19.1. The molecule has 0 unspecified atom stereocenters. The molecule has 0 N–H and O–H groups in total. The van der Waals surface area contributed by atoms with E-state index in [1.807, 2.05) is 53.2 Å². The van der Waals surface area contributed by atoms with E-state index < -0.39 is 0 Å². The summed E-state index contributed by atoms with van der Waals surface area (Å²) in [5.41, 5.74) is 7.84. The van der Waals surface area contributed by atoms with Gasteiger partial charge in [0.05, 0.1) is 46.7 Å². The molecule has 3 aliphatic heterocycles. The Morgan fingerprint density at radius 3 is 1.25 bits per heavy atom. The third-order valence-electron chi connectivity index (χ3n) is 14.7. The number of likely N-dealkylation sites (tertiary alicyclic amines) is 2. The molecule has 84 heavy (non-hydrogen) atoms. The lowest BCUT2D eigenvalue weighted by Gasteiger charge is -2.31. The Morgan fingerprint density at radius 2 is 0.857 bits per heavy atom. The molecule has 9 heterocycles. The number of likely N-dealkylation sites (N-methyl/N-ethyl adjacent to an activating group) is 1. The highest BCUT2D eigenvalue weighted by molar-refractivity contribution is 5.95. The van der Waals surface area contributed by atoms with Crippen LogP contribution in [0, 0.1) is 23.4 Å². The number of benzene rings is 3. The molecule has 430 valence electrons. The fourth-order valence-electron chi connectivity index (χ4n) is 10.1. The summed E-state index contributed by atoms with van der Waals surface area (Å²) in [6.45, 7) is 7.67. The quantitative estimate of drug-likeness (QED) is 0.112. The van der Waals surface area contributed by atoms with Crippen LogP contribution < -0.4 is 0 Å². The fraction of sp³-hybridized carbons (Fsp3) is 0.270. The van der Waals surface area contributed by atoms with Crippen molar-refractivity contribution in [3.8, 4) is 50.8 Å². The molecule has 0 atom stereocenters. The average molecular weight is 1140 g/mol. The zero-order chi connectivity index (χ0) is 58.5. The molecule has 0 radical (unpaired) electrons. The number of carbonyl (C=O) groups excluding carboxylic acids is 4. The Bertz CT molecular complexity index is 3660. The van der Waals surface area contributed by atoms with E-state index in [0.717, 1.165) is 73.5 Å². The van der Waals surface area contributed by atoms with Crippen LogP contribution in [0.3, 0.4) is 0 Å². The van der Waals surface area contributed by atoms with Gasteiger partial charge in [-0.3, -0.25) is 34.1 Å². The number of hydrogen-bond acceptors (Lipinski definition) is 12. The van der Waals surface area contributed by atoms with Crippen LogP contribution >= 0.6 is 0 Å². The molecule has 18 nitrogen and oxygen atoms in total. The molecule has 3 fully saturated rings. The molecular weight excluding hydrogens is 1080 g/mol. The highest BCUT2D eigenvalue weighted by Gasteiger charge is 2.31. The van der Waals surface area contributed by atoms with E-state index in [2.05, 4.69) is 35.1 Å². The van der Waals surface area contributed by atoms with E-state index in [0.29, 0.717) is 85.5 Å². The smallest absolute Gasteiger partial charge is 0.309 e. The van der Waals surface area contributed by atoms with Crippen molar-refractivity contribution >= 4 is 23.7 Å². The zero-order valence-corrected chi connectivity index (χ0v) is 46.6. The topological polar surface area (TPSA) is 183 Å². The van der Waals surface area contributed by atoms with Crippen LogP contribution in [0.25, 0.3) is 50.8 Å². The van der Waals surface area contributed by atoms with Crippen molar-refractivity contribution < 1.29 is 37.1 Å². The molecule has 21 heteroatoms. The molecule has 0 spiro atoms. The number of rotatable bonds is 11. The van der Waals surface area contributed by atoms with Gasteiger partial charge >= 0.3 is 5.97 Å². The second kappa shape index (κ2) is 27.0. The monoisotopic (exact) mass is 1140 g/mol. The number of piperazine rings is 1. The molecule has 3 aliphatic rings. The summed E-state index contributed by atoms with van der Waals surface area (Å²) in [5.74, 6) is -1.69. The summed E-state index contributed by atoms with van der Waals surface area (Å²) in [6.07, 6.45) is 14.5. The molecule has 3 amide bonds. The van der Waals surface area contributed by atoms with Gasteiger partial charge in [0.25, 0.3) is 17.7 Å². The van der Waals surface area contributed by atoms with Crippen LogP contribution in [0.5, 0.6) is 0 Å². The second-order valence-electron chi connectivity index (χ2n) is 20.4. The molecule has 3 aromatic carbocycles. The van der Waals surface area contributed by atoms with Crippen molar-refractivity contribution in [2.45, 2.75) is 39.0 Å². The fourth-order valence-corrected chi connectivity index (χ4v) is 10.1. The maximum Gasteiger partial charge on any atom is 0.309 e. The normalized spacial score (nSPS) is 14.7. The highest BCUT2D eigenvalue weighted by Crippen LogP contribution is 2.29. The summed E-state index contributed by atoms with van der Waals surface area (Å²) in [6, 6.07) is 34.5. The number of carbonyl (C=O) groups is 4. The number of pyridine rings is 3. The van der Waals surface area contributed by atoms with Gasteiger partial charge in [0.1, 0.15) is 17.5 Å². The number of esters is 1. The Kier molecular flexibility index (Phi) is 18.5. The second-order valence-corrected chi connectivity index (χ2v) is 20.4. The number of ether oxygens (including phenoxy) is 1. The maximum absolute atomic E-state index is 13.4. The lowest BCUT2D eigenvalue weighted by molar-refractivity contribution is -0.149. The Labute approximate surface area is 483 Å². The molecule has 12 rings (SSSR count). The Morgan fingerprint density at radius 1 is 0.464 bits per heavy atom. The van der Waals surface area contributed by atoms with Gasteiger partial charge in [-0.25, -0.2) is 27.2 Å². The van der Waals surface area contributed by atoms with Crippen molar-refractivity contribution in [1.29, 1.82) is 0 Å². The van der Waals surface area contributed by atoms with Gasteiger partial charge in [0.15, 0.2) is 17.1 Å². The molecule has 0 aliphatic carbocycles. The van der Waals surface area contributed by atoms with Crippen molar-refractivity contribution in [3.05, 3.63) is 199 Å². The first-order valence-corrected chi connectivity index (χ1v) is 27.9. The average Bonchev–Trinajstić information content (AvgIpc) is 3.90. The number of halogens is 3. The molecule has 0 saturated carbocycles. The summed E-state index contributed by atoms with van der Waals surface area (Å²) in [7, 11) is 2.05. The van der Waals surface area contributed by atoms with Crippen LogP contribution in [0.15, 0.2) is 165 Å². The lowest BCUT2D eigenvalue weighted by Crippen LogP contribution is -2.47. The van der Waals surface area contributed by atoms with E-state index in [-0.39, 0.29) is 47.1 Å². The lowest BCUT2D eigenvalue weighted by atomic mass is 9.97. The molecule has 9 aromatic rings. The van der Waals surface area contributed by atoms with Crippen molar-refractivity contribution in [2.24, 2.45) is 5.92 Å². The molecule has 6 aromatic heterocycles. The predicted molar refractivity (Wildman–Crippen MR) is 309 cm³/mol. The minimum atomic E-state index is -0.345. The van der Waals surface area contributed by atoms with E-state index in [9.17, 15) is 32.3 Å². The molecule has 3 saturated heterocycles. The number of piperidine rings is 2. The van der Waals surface area contributed by atoms with Crippen LogP contribution in [-0.4, -0.2) is 154 Å². The first-order valence-electron chi connectivity index (χ1n) is 27.9. The van der Waals surface area contributed by atoms with Gasteiger partial charge in [0, 0.05) is 106 Å². The number of aromatic nitrogens is 9. The van der Waals surface area contributed by atoms with Gasteiger partial charge in [-0.2, -0.15) is 15.3 Å². The SMILES string of the molecule is CCOC(=O)C1CCN(C(=O)c2cc(-c3ccncc3)n(-c3ccc(F)cc3)n2)CC1.CN1CCN(C(=O)c2cc(-c3cccnc3)n(-c3ccc(F)cc3)n2)CC1.O=C(c1cc(-c2cccnc2)n(-c2ccc(F)cc2)n1)N1CCCCC1. The standard InChI is InChI=1S/C23H23FN4O3.C20H20FN5O.C20H19FN4O/c1-2-31-23(30)17-9-13-27(14-10-17)22(29)20-15-21(16-7-11-25-12-8-16)28(26-20)19-5-3-18(24)4-6-19;1-24-9-11-25(12-10-24)20(27)18-13-19(15-3-2-8-22-14-15)26(23-18)17-6-4-16(21)5-7-17;21-16-6-8-17(9-7-16)25-19(15-5-4-10-22-14-15)13-18(23-25)20(26)24-11-2-1-3-12-24/h3-8,11-12,15,17H,2,9-10,13-14H2,1H3;2-8,13-14H,9-12H2,1H3;4-10,13-14H,1-3,11-12H2. The number of amides is 3. The van der Waals surface area contributed by atoms with E-state index in [1.165, 1.54) is 36.4 Å². The third-order valence-corrected chi connectivity index (χ3v) is 14.7. The first kappa shape index (κ1) is 57.6. The largest absolute Gasteiger partial charge is 0.466 e. The maximum atomic E-state index is 13.4. The van der Waals surface area contributed by atoms with Crippen molar-refractivity contribution in [3.63, 3.8) is 0 Å². The van der Waals surface area contributed by atoms with Gasteiger partial charge in [-0.15, -0.1) is 0 Å². The van der Waals surface area contributed by atoms with E-state index >= 15 is 0 Å². The van der Waals surface area contributed by atoms with Crippen LogP contribution in [0.4, 0.5) is 13.2 Å². The predicted octanol–water partition coefficient (Wildman–Crippen LogP) is 9.65.